The van der Waals surface area contributed by atoms with E-state index in [0.717, 1.165) is 17.1 Å². The standard InChI is InChI=1S/C12H12N2.I2/c1-9-3-5-11(6-4-9)12-13-8-7-10(2)14-12;1-2/h3-8H,1-2H3;. The highest BCUT2D eigenvalue weighted by molar-refractivity contribution is 15.0. The molecule has 0 atom stereocenters. The van der Waals surface area contributed by atoms with Crippen molar-refractivity contribution in [2.24, 2.45) is 0 Å². The van der Waals surface area contributed by atoms with Crippen LogP contribution in [0.15, 0.2) is 36.5 Å². The maximum Gasteiger partial charge on any atom is 0.159 e. The van der Waals surface area contributed by atoms with E-state index in [1.165, 1.54) is 5.56 Å². The molecule has 0 unspecified atom stereocenters. The second kappa shape index (κ2) is 7.16. The quantitative estimate of drug-likeness (QED) is 0.612. The molecule has 1 heterocycles. The van der Waals surface area contributed by atoms with Crippen molar-refractivity contribution in [2.75, 3.05) is 0 Å². The highest BCUT2D eigenvalue weighted by Crippen LogP contribution is 2.14. The summed E-state index contributed by atoms with van der Waals surface area (Å²) in [6.07, 6.45) is 1.79. The van der Waals surface area contributed by atoms with Crippen LogP contribution >= 0.6 is 37.2 Å². The molecule has 0 aliphatic rings. The number of nitrogens with zero attached hydrogens (tertiary/aromatic N) is 2. The lowest BCUT2D eigenvalue weighted by Gasteiger charge is -2.00. The molecular formula is C12H12I2N2. The van der Waals surface area contributed by atoms with Gasteiger partial charge in [-0.05, 0) is 19.9 Å². The van der Waals surface area contributed by atoms with Crippen molar-refractivity contribution in [1.29, 1.82) is 0 Å². The van der Waals surface area contributed by atoms with Gasteiger partial charge in [-0.3, -0.25) is 0 Å². The van der Waals surface area contributed by atoms with Crippen LogP contribution in [0.3, 0.4) is 0 Å². The van der Waals surface area contributed by atoms with Gasteiger partial charge in [-0.25, -0.2) is 9.97 Å². The Balaban J connectivity index is 0.000000606. The number of rotatable bonds is 1. The lowest BCUT2D eigenvalue weighted by atomic mass is 10.1. The van der Waals surface area contributed by atoms with Crippen LogP contribution < -0.4 is 0 Å². The molecule has 0 N–H and O–H groups in total. The summed E-state index contributed by atoms with van der Waals surface area (Å²) in [4.78, 5) is 8.59. The van der Waals surface area contributed by atoms with Gasteiger partial charge in [-0.15, -0.1) is 0 Å². The first-order chi connectivity index (χ1) is 7.75. The Labute approximate surface area is 119 Å². The average Bonchev–Trinajstić information content (AvgIpc) is 2.32. The van der Waals surface area contributed by atoms with Gasteiger partial charge >= 0.3 is 0 Å². The van der Waals surface area contributed by atoms with E-state index in [4.69, 9.17) is 0 Å². The zero-order valence-corrected chi connectivity index (χ0v) is 13.4. The molecule has 0 spiro atoms. The minimum Gasteiger partial charge on any atom is -0.237 e. The predicted octanol–water partition coefficient (Wildman–Crippen LogP) is 4.53. The van der Waals surface area contributed by atoms with Gasteiger partial charge in [0.05, 0.1) is 0 Å². The van der Waals surface area contributed by atoms with Crippen LogP contribution in [0.5, 0.6) is 0 Å². The predicted molar refractivity (Wildman–Crippen MR) is 85.0 cm³/mol. The Morgan fingerprint density at radius 1 is 0.938 bits per heavy atom. The molecule has 0 saturated heterocycles. The zero-order valence-electron chi connectivity index (χ0n) is 9.11. The van der Waals surface area contributed by atoms with Gasteiger partial charge in [-0.1, -0.05) is 29.8 Å². The molecule has 2 aromatic rings. The molecule has 0 aliphatic heterocycles. The van der Waals surface area contributed by atoms with Crippen LogP contribution in [0, 0.1) is 13.8 Å². The van der Waals surface area contributed by atoms with Crippen molar-refractivity contribution in [1.82, 2.24) is 9.97 Å². The first kappa shape index (κ1) is 13.8. The maximum absolute atomic E-state index is 4.36. The summed E-state index contributed by atoms with van der Waals surface area (Å²) in [5, 5.41) is 0. The van der Waals surface area contributed by atoms with E-state index in [0.29, 0.717) is 0 Å². The van der Waals surface area contributed by atoms with E-state index >= 15 is 0 Å². The summed E-state index contributed by atoms with van der Waals surface area (Å²) in [5.41, 5.74) is 3.32. The van der Waals surface area contributed by atoms with Crippen molar-refractivity contribution < 1.29 is 0 Å². The monoisotopic (exact) mass is 438 g/mol. The molecule has 0 radical (unpaired) electrons. The normalized spacial score (nSPS) is 9.25. The molecule has 2 rings (SSSR count). The van der Waals surface area contributed by atoms with Crippen LogP contribution in [-0.4, -0.2) is 9.97 Å². The van der Waals surface area contributed by atoms with Crippen molar-refractivity contribution in [3.8, 4) is 11.4 Å². The van der Waals surface area contributed by atoms with Crippen LogP contribution in [0.2, 0.25) is 0 Å². The van der Waals surface area contributed by atoms with Crippen molar-refractivity contribution >= 4 is 37.2 Å². The lowest BCUT2D eigenvalue weighted by Crippen LogP contribution is -1.90. The summed E-state index contributed by atoms with van der Waals surface area (Å²) in [6.45, 7) is 4.04. The third-order valence-corrected chi connectivity index (χ3v) is 2.10. The molecule has 1 aromatic heterocycles. The molecule has 1 aromatic carbocycles. The number of aromatic nitrogens is 2. The lowest BCUT2D eigenvalue weighted by molar-refractivity contribution is 1.11. The van der Waals surface area contributed by atoms with E-state index in [1.54, 1.807) is 6.20 Å². The van der Waals surface area contributed by atoms with Crippen molar-refractivity contribution in [2.45, 2.75) is 13.8 Å². The molecule has 2 nitrogen and oxygen atoms in total. The van der Waals surface area contributed by atoms with E-state index < -0.39 is 0 Å². The minimum atomic E-state index is 0.796. The summed E-state index contributed by atoms with van der Waals surface area (Å²) in [7, 11) is 0. The van der Waals surface area contributed by atoms with Crippen LogP contribution in [0.25, 0.3) is 11.4 Å². The van der Waals surface area contributed by atoms with Crippen molar-refractivity contribution in [3.05, 3.63) is 47.8 Å². The highest BCUT2D eigenvalue weighted by Gasteiger charge is 1.99. The Kier molecular flexibility index (Phi) is 6.18. The molecule has 0 saturated carbocycles. The second-order valence-electron chi connectivity index (χ2n) is 3.39. The molecule has 16 heavy (non-hydrogen) atoms. The summed E-state index contributed by atoms with van der Waals surface area (Å²) in [5.74, 6) is 0.796. The fourth-order valence-corrected chi connectivity index (χ4v) is 1.29. The summed E-state index contributed by atoms with van der Waals surface area (Å²) < 4.78 is 0. The number of benzene rings is 1. The molecule has 0 fully saturated rings. The fourth-order valence-electron chi connectivity index (χ4n) is 1.29. The van der Waals surface area contributed by atoms with Crippen LogP contribution in [-0.2, 0) is 0 Å². The molecule has 0 aliphatic carbocycles. The smallest absolute Gasteiger partial charge is 0.159 e. The maximum atomic E-state index is 4.36. The Hall–Kier alpha value is -0.240. The molecule has 0 amide bonds. The highest BCUT2D eigenvalue weighted by atomic mass is 128. The van der Waals surface area contributed by atoms with E-state index in [2.05, 4.69) is 66.3 Å². The Bertz CT molecular complexity index is 441. The average molecular weight is 438 g/mol. The summed E-state index contributed by atoms with van der Waals surface area (Å²) >= 11 is 4.24. The number of hydrogen-bond acceptors (Lipinski definition) is 2. The minimum absolute atomic E-state index is 0.796. The molecule has 4 heteroatoms. The van der Waals surface area contributed by atoms with E-state index in [1.807, 2.05) is 25.1 Å². The number of aryl methyl sites for hydroxylation is 2. The zero-order chi connectivity index (χ0) is 12.0. The third-order valence-electron chi connectivity index (χ3n) is 2.10. The van der Waals surface area contributed by atoms with Crippen LogP contribution in [0.4, 0.5) is 0 Å². The Morgan fingerprint density at radius 2 is 1.56 bits per heavy atom. The third kappa shape index (κ3) is 3.97. The number of hydrogen-bond donors (Lipinski definition) is 0. The topological polar surface area (TPSA) is 25.8 Å². The molecule has 84 valence electrons. The summed E-state index contributed by atoms with van der Waals surface area (Å²) in [6, 6.07) is 10.1. The largest absolute Gasteiger partial charge is 0.237 e. The van der Waals surface area contributed by atoms with Gasteiger partial charge in [0.25, 0.3) is 0 Å². The van der Waals surface area contributed by atoms with Crippen molar-refractivity contribution in [3.63, 3.8) is 0 Å². The van der Waals surface area contributed by atoms with Gasteiger partial charge in [0.2, 0.25) is 0 Å². The first-order valence-corrected chi connectivity index (χ1v) is 11.1. The molecular weight excluding hydrogens is 426 g/mol. The Morgan fingerprint density at radius 3 is 2.12 bits per heavy atom. The van der Waals surface area contributed by atoms with Gasteiger partial charge < -0.3 is 0 Å². The fraction of sp³-hybridized carbons (Fsp3) is 0.167. The van der Waals surface area contributed by atoms with Gasteiger partial charge in [0, 0.05) is 54.7 Å². The molecule has 0 bridgehead atoms. The first-order valence-electron chi connectivity index (χ1n) is 4.77. The van der Waals surface area contributed by atoms with Gasteiger partial charge in [0.15, 0.2) is 5.82 Å². The second-order valence-corrected chi connectivity index (χ2v) is 3.39. The van der Waals surface area contributed by atoms with Crippen LogP contribution in [0.1, 0.15) is 11.3 Å². The van der Waals surface area contributed by atoms with E-state index in [9.17, 15) is 0 Å². The van der Waals surface area contributed by atoms with E-state index in [-0.39, 0.29) is 0 Å². The van der Waals surface area contributed by atoms with Gasteiger partial charge in [0.1, 0.15) is 0 Å². The SMILES string of the molecule is Cc1ccc(-c2nccc(C)n2)cc1.II. The van der Waals surface area contributed by atoms with Gasteiger partial charge in [-0.2, -0.15) is 0 Å². The number of halogens is 2.